The van der Waals surface area contributed by atoms with E-state index < -0.39 is 27.5 Å². The lowest BCUT2D eigenvalue weighted by atomic mass is 10.0. The SMILES string of the molecule is CCS(=O)(=O)c1ccc(Cl)cc1CNC(=O)c1ccc(CN2CCN(C(C)C)CC2)c(C(F)(F)F)c1. The maximum Gasteiger partial charge on any atom is 0.416 e. The van der Waals surface area contributed by atoms with Gasteiger partial charge in [-0.05, 0) is 55.3 Å². The number of halogens is 4. The fourth-order valence-corrected chi connectivity index (χ4v) is 5.53. The number of carbonyl (C=O) groups is 1. The van der Waals surface area contributed by atoms with Crippen LogP contribution in [0.4, 0.5) is 13.2 Å². The van der Waals surface area contributed by atoms with Gasteiger partial charge >= 0.3 is 6.18 Å². The molecule has 0 radical (unpaired) electrons. The first-order chi connectivity index (χ1) is 16.8. The van der Waals surface area contributed by atoms with Crippen molar-refractivity contribution in [3.8, 4) is 0 Å². The van der Waals surface area contributed by atoms with Gasteiger partial charge in [-0.3, -0.25) is 14.6 Å². The third-order valence-corrected chi connectivity index (χ3v) is 8.45. The topological polar surface area (TPSA) is 69.7 Å². The highest BCUT2D eigenvalue weighted by Gasteiger charge is 2.35. The number of rotatable bonds is 8. The molecule has 0 bridgehead atoms. The average molecular weight is 546 g/mol. The predicted molar refractivity (Wildman–Crippen MR) is 134 cm³/mol. The van der Waals surface area contributed by atoms with Gasteiger partial charge in [0.25, 0.3) is 5.91 Å². The van der Waals surface area contributed by atoms with Gasteiger partial charge in [-0.1, -0.05) is 24.6 Å². The lowest BCUT2D eigenvalue weighted by molar-refractivity contribution is -0.138. The Kier molecular flexibility index (Phi) is 9.08. The van der Waals surface area contributed by atoms with Gasteiger partial charge in [-0.15, -0.1) is 0 Å². The summed E-state index contributed by atoms with van der Waals surface area (Å²) in [7, 11) is -3.58. The summed E-state index contributed by atoms with van der Waals surface area (Å²) in [6, 6.07) is 8.18. The van der Waals surface area contributed by atoms with Gasteiger partial charge in [0.2, 0.25) is 0 Å². The minimum Gasteiger partial charge on any atom is -0.348 e. The Morgan fingerprint density at radius 3 is 2.31 bits per heavy atom. The zero-order valence-corrected chi connectivity index (χ0v) is 22.1. The Bertz CT molecular complexity index is 1190. The highest BCUT2D eigenvalue weighted by atomic mass is 35.5. The van der Waals surface area contributed by atoms with Gasteiger partial charge in [-0.25, -0.2) is 8.42 Å². The molecule has 0 spiro atoms. The molecule has 1 aliphatic heterocycles. The van der Waals surface area contributed by atoms with E-state index in [9.17, 15) is 26.4 Å². The minimum absolute atomic E-state index is 0.0265. The summed E-state index contributed by atoms with van der Waals surface area (Å²) in [6.07, 6.45) is -4.62. The molecule has 2 aromatic rings. The molecule has 1 amide bonds. The molecule has 2 aromatic carbocycles. The Morgan fingerprint density at radius 2 is 1.72 bits per heavy atom. The number of benzene rings is 2. The smallest absolute Gasteiger partial charge is 0.348 e. The van der Waals surface area contributed by atoms with Gasteiger partial charge in [0.05, 0.1) is 16.2 Å². The van der Waals surface area contributed by atoms with E-state index in [1.807, 2.05) is 4.90 Å². The van der Waals surface area contributed by atoms with Gasteiger partial charge in [0.15, 0.2) is 9.84 Å². The summed E-state index contributed by atoms with van der Waals surface area (Å²) >= 11 is 5.99. The molecule has 0 saturated carbocycles. The minimum atomic E-state index is -4.62. The molecule has 0 atom stereocenters. The third-order valence-electron chi connectivity index (χ3n) is 6.39. The van der Waals surface area contributed by atoms with Crippen molar-refractivity contribution in [3.05, 3.63) is 63.7 Å². The summed E-state index contributed by atoms with van der Waals surface area (Å²) in [5.74, 6) is -0.879. The van der Waals surface area contributed by atoms with Gasteiger partial charge in [0, 0.05) is 55.9 Å². The maximum atomic E-state index is 13.9. The number of nitrogens with zero attached hydrogens (tertiary/aromatic N) is 2. The number of sulfone groups is 1. The molecule has 3 rings (SSSR count). The van der Waals surface area contributed by atoms with Crippen LogP contribution in [-0.2, 0) is 29.1 Å². The van der Waals surface area contributed by atoms with Crippen LogP contribution in [0.5, 0.6) is 0 Å². The lowest BCUT2D eigenvalue weighted by Crippen LogP contribution is -2.48. The highest BCUT2D eigenvalue weighted by molar-refractivity contribution is 7.91. The summed E-state index contributed by atoms with van der Waals surface area (Å²) in [5.41, 5.74) is -0.620. The molecular formula is C25H31ClF3N3O3S. The van der Waals surface area contributed by atoms with Crippen LogP contribution < -0.4 is 5.32 Å². The van der Waals surface area contributed by atoms with E-state index in [4.69, 9.17) is 11.6 Å². The molecule has 0 aliphatic carbocycles. The van der Waals surface area contributed by atoms with E-state index in [0.29, 0.717) is 19.1 Å². The summed E-state index contributed by atoms with van der Waals surface area (Å²) < 4.78 is 66.4. The second-order valence-corrected chi connectivity index (χ2v) is 11.8. The first-order valence-electron chi connectivity index (χ1n) is 11.8. The van der Waals surface area contributed by atoms with Crippen LogP contribution in [0.2, 0.25) is 5.02 Å². The third kappa shape index (κ3) is 7.00. The van der Waals surface area contributed by atoms with E-state index in [-0.39, 0.29) is 45.5 Å². The number of hydrogen-bond acceptors (Lipinski definition) is 5. The van der Waals surface area contributed by atoms with Crippen molar-refractivity contribution in [2.75, 3.05) is 31.9 Å². The summed E-state index contributed by atoms with van der Waals surface area (Å²) in [5, 5.41) is 2.81. The van der Waals surface area contributed by atoms with Crippen LogP contribution in [0.25, 0.3) is 0 Å². The van der Waals surface area contributed by atoms with E-state index in [1.54, 1.807) is 0 Å². The Labute approximate surface area is 215 Å². The van der Waals surface area contributed by atoms with Crippen molar-refractivity contribution in [3.63, 3.8) is 0 Å². The zero-order valence-electron chi connectivity index (χ0n) is 20.5. The molecule has 198 valence electrons. The molecule has 6 nitrogen and oxygen atoms in total. The molecule has 1 N–H and O–H groups in total. The number of carbonyl (C=O) groups excluding carboxylic acids is 1. The average Bonchev–Trinajstić information content (AvgIpc) is 2.82. The van der Waals surface area contributed by atoms with E-state index >= 15 is 0 Å². The quantitative estimate of drug-likeness (QED) is 0.525. The van der Waals surface area contributed by atoms with Crippen LogP contribution in [-0.4, -0.2) is 62.1 Å². The molecule has 1 fully saturated rings. The lowest BCUT2D eigenvalue weighted by Gasteiger charge is -2.37. The number of amides is 1. The number of nitrogens with one attached hydrogen (secondary N) is 1. The van der Waals surface area contributed by atoms with Crippen molar-refractivity contribution >= 4 is 27.3 Å². The van der Waals surface area contributed by atoms with Gasteiger partial charge < -0.3 is 5.32 Å². The number of hydrogen-bond donors (Lipinski definition) is 1. The van der Waals surface area contributed by atoms with E-state index in [2.05, 4.69) is 24.1 Å². The van der Waals surface area contributed by atoms with Crippen LogP contribution >= 0.6 is 11.6 Å². The molecule has 1 saturated heterocycles. The maximum absolute atomic E-state index is 13.9. The Morgan fingerprint density at radius 1 is 1.06 bits per heavy atom. The van der Waals surface area contributed by atoms with Crippen molar-refractivity contribution in [1.29, 1.82) is 0 Å². The Balaban J connectivity index is 1.77. The fraction of sp³-hybridized carbons (Fsp3) is 0.480. The number of alkyl halides is 3. The molecule has 36 heavy (non-hydrogen) atoms. The zero-order chi connectivity index (χ0) is 26.7. The first-order valence-corrected chi connectivity index (χ1v) is 13.8. The van der Waals surface area contributed by atoms with Crippen molar-refractivity contribution in [2.45, 2.75) is 51.0 Å². The molecule has 1 heterocycles. The monoisotopic (exact) mass is 545 g/mol. The van der Waals surface area contributed by atoms with Crippen molar-refractivity contribution < 1.29 is 26.4 Å². The second kappa shape index (κ2) is 11.5. The normalized spacial score (nSPS) is 15.9. The van der Waals surface area contributed by atoms with E-state index in [1.165, 1.54) is 37.3 Å². The predicted octanol–water partition coefficient (Wildman–Crippen LogP) is 4.61. The molecular weight excluding hydrogens is 515 g/mol. The summed E-state index contributed by atoms with van der Waals surface area (Å²) in [6.45, 7) is 8.55. The van der Waals surface area contributed by atoms with Crippen molar-refractivity contribution in [2.24, 2.45) is 0 Å². The van der Waals surface area contributed by atoms with E-state index in [0.717, 1.165) is 19.2 Å². The largest absolute Gasteiger partial charge is 0.416 e. The Hall–Kier alpha value is -2.14. The first kappa shape index (κ1) is 28.4. The summed E-state index contributed by atoms with van der Waals surface area (Å²) in [4.78, 5) is 17.0. The fourth-order valence-electron chi connectivity index (χ4n) is 4.22. The van der Waals surface area contributed by atoms with Crippen LogP contribution in [0, 0.1) is 0 Å². The van der Waals surface area contributed by atoms with Crippen LogP contribution in [0.3, 0.4) is 0 Å². The standard InChI is InChI=1S/C25H31ClF3N3O3S/c1-4-36(34,35)23-8-7-21(26)13-20(23)15-30-24(33)18-5-6-19(22(14-18)25(27,28)29)16-31-9-11-32(12-10-31)17(2)3/h5-8,13-14,17H,4,9-12,15-16H2,1-3H3,(H,30,33). The van der Waals surface area contributed by atoms with Gasteiger partial charge in [-0.2, -0.15) is 13.2 Å². The van der Waals surface area contributed by atoms with Crippen LogP contribution in [0.1, 0.15) is 47.8 Å². The second-order valence-electron chi connectivity index (χ2n) is 9.11. The highest BCUT2D eigenvalue weighted by Crippen LogP contribution is 2.33. The van der Waals surface area contributed by atoms with Gasteiger partial charge in [0.1, 0.15) is 0 Å². The molecule has 0 aromatic heterocycles. The van der Waals surface area contributed by atoms with Crippen LogP contribution in [0.15, 0.2) is 41.3 Å². The molecule has 1 aliphatic rings. The van der Waals surface area contributed by atoms with Crippen molar-refractivity contribution in [1.82, 2.24) is 15.1 Å². The number of piperazine rings is 1. The molecule has 11 heteroatoms. The molecule has 0 unspecified atom stereocenters.